The molecule has 0 aliphatic carbocycles. The number of carbonyl (C=O) groups excluding carboxylic acids is 1. The molecule has 6 heteroatoms. The van der Waals surface area contributed by atoms with Gasteiger partial charge in [-0.05, 0) is 63.3 Å². The Morgan fingerprint density at radius 3 is 2.42 bits per heavy atom. The van der Waals surface area contributed by atoms with Crippen LogP contribution in [0.3, 0.4) is 0 Å². The first-order valence-corrected chi connectivity index (χ1v) is 9.11. The largest absolute Gasteiger partial charge is 0.467 e. The van der Waals surface area contributed by atoms with Gasteiger partial charge in [0.1, 0.15) is 0 Å². The molecule has 26 heavy (non-hydrogen) atoms. The van der Waals surface area contributed by atoms with Gasteiger partial charge in [-0.1, -0.05) is 6.07 Å². The minimum atomic E-state index is -0.203. The fourth-order valence-electron chi connectivity index (χ4n) is 3.22. The van der Waals surface area contributed by atoms with E-state index < -0.39 is 0 Å². The summed E-state index contributed by atoms with van der Waals surface area (Å²) in [4.78, 5) is 23.4. The third-order valence-corrected chi connectivity index (χ3v) is 4.31. The predicted molar refractivity (Wildman–Crippen MR) is 103 cm³/mol. The summed E-state index contributed by atoms with van der Waals surface area (Å²) < 4.78 is 5.62. The third-order valence-electron chi connectivity index (χ3n) is 4.31. The number of nitrogens with one attached hydrogen (secondary N) is 1. The fourth-order valence-corrected chi connectivity index (χ4v) is 3.22. The number of carbonyl (C=O) groups is 1. The Kier molecular flexibility index (Phi) is 5.71. The summed E-state index contributed by atoms with van der Waals surface area (Å²) >= 11 is 0. The molecule has 0 spiro atoms. The summed E-state index contributed by atoms with van der Waals surface area (Å²) in [6.45, 7) is 7.78. The number of hydrogen-bond acceptors (Lipinski definition) is 5. The highest BCUT2D eigenvalue weighted by Gasteiger charge is 2.15. The van der Waals surface area contributed by atoms with Gasteiger partial charge in [0, 0.05) is 30.5 Å². The van der Waals surface area contributed by atoms with Crippen LogP contribution in [0.5, 0.6) is 5.88 Å². The van der Waals surface area contributed by atoms with Crippen molar-refractivity contribution in [1.29, 1.82) is 0 Å². The van der Waals surface area contributed by atoms with Gasteiger partial charge < -0.3 is 15.0 Å². The first-order valence-electron chi connectivity index (χ1n) is 9.11. The number of benzene rings is 1. The van der Waals surface area contributed by atoms with Gasteiger partial charge in [-0.2, -0.15) is 4.98 Å². The second-order valence-corrected chi connectivity index (χ2v) is 6.91. The van der Waals surface area contributed by atoms with Crippen LogP contribution in [-0.4, -0.2) is 35.6 Å². The second-order valence-electron chi connectivity index (χ2n) is 6.91. The molecule has 1 aliphatic heterocycles. The standard InChI is InChI=1S/C20H26N4O2/c1-14-9-15(2)11-17(10-14)22-18(25)13-26-19-12-16(3)21-20(23-19)24-7-5-4-6-8-24/h9-12H,4-8,13H2,1-3H3,(H,22,25). The molecule has 0 saturated carbocycles. The molecular weight excluding hydrogens is 328 g/mol. The number of ether oxygens (including phenoxy) is 1. The molecule has 0 atom stereocenters. The van der Waals surface area contributed by atoms with Crippen LogP contribution in [0.1, 0.15) is 36.1 Å². The van der Waals surface area contributed by atoms with Crippen LogP contribution in [0, 0.1) is 20.8 Å². The van der Waals surface area contributed by atoms with Crippen molar-refractivity contribution in [3.05, 3.63) is 41.1 Å². The lowest BCUT2D eigenvalue weighted by molar-refractivity contribution is -0.118. The van der Waals surface area contributed by atoms with E-state index in [0.29, 0.717) is 11.8 Å². The van der Waals surface area contributed by atoms with E-state index in [-0.39, 0.29) is 12.5 Å². The monoisotopic (exact) mass is 354 g/mol. The Morgan fingerprint density at radius 1 is 1.04 bits per heavy atom. The molecule has 3 rings (SSSR count). The smallest absolute Gasteiger partial charge is 0.262 e. The normalized spacial score (nSPS) is 14.2. The zero-order valence-corrected chi connectivity index (χ0v) is 15.7. The summed E-state index contributed by atoms with van der Waals surface area (Å²) in [5.41, 5.74) is 3.84. The van der Waals surface area contributed by atoms with Gasteiger partial charge in [-0.25, -0.2) is 4.98 Å². The molecule has 1 fully saturated rings. The minimum Gasteiger partial charge on any atom is -0.467 e. The summed E-state index contributed by atoms with van der Waals surface area (Å²) in [5, 5.41) is 2.87. The number of aromatic nitrogens is 2. The van der Waals surface area contributed by atoms with E-state index in [0.717, 1.165) is 48.4 Å². The molecule has 1 aromatic heterocycles. The Morgan fingerprint density at radius 2 is 1.73 bits per heavy atom. The van der Waals surface area contributed by atoms with E-state index >= 15 is 0 Å². The van der Waals surface area contributed by atoms with Crippen molar-refractivity contribution in [2.45, 2.75) is 40.0 Å². The quantitative estimate of drug-likeness (QED) is 0.891. The molecule has 138 valence electrons. The molecule has 2 aromatic rings. The molecule has 1 aliphatic rings. The SMILES string of the molecule is Cc1cc(C)cc(NC(=O)COc2cc(C)nc(N3CCCCC3)n2)c1. The number of aryl methyl sites for hydroxylation is 3. The zero-order chi connectivity index (χ0) is 18.5. The maximum atomic E-state index is 12.2. The summed E-state index contributed by atoms with van der Waals surface area (Å²) in [5.74, 6) is 0.925. The van der Waals surface area contributed by atoms with Crippen LogP contribution < -0.4 is 15.0 Å². The van der Waals surface area contributed by atoms with E-state index in [1.807, 2.05) is 32.9 Å². The topological polar surface area (TPSA) is 67.3 Å². The van der Waals surface area contributed by atoms with Crippen molar-refractivity contribution in [1.82, 2.24) is 9.97 Å². The molecule has 0 unspecified atom stereocenters. The highest BCUT2D eigenvalue weighted by Crippen LogP contribution is 2.19. The minimum absolute atomic E-state index is 0.0805. The Labute approximate surface area is 154 Å². The van der Waals surface area contributed by atoms with Gasteiger partial charge in [-0.15, -0.1) is 0 Å². The molecule has 0 bridgehead atoms. The summed E-state index contributed by atoms with van der Waals surface area (Å²) in [6.07, 6.45) is 3.57. The first kappa shape index (κ1) is 18.2. The lowest BCUT2D eigenvalue weighted by atomic mass is 10.1. The number of nitrogens with zero attached hydrogens (tertiary/aromatic N) is 3. The highest BCUT2D eigenvalue weighted by atomic mass is 16.5. The molecule has 1 amide bonds. The number of anilines is 2. The Hall–Kier alpha value is -2.63. The Balaban J connectivity index is 1.61. The fraction of sp³-hybridized carbons (Fsp3) is 0.450. The number of piperidine rings is 1. The van der Waals surface area contributed by atoms with Crippen molar-refractivity contribution < 1.29 is 9.53 Å². The van der Waals surface area contributed by atoms with Gasteiger partial charge >= 0.3 is 0 Å². The van der Waals surface area contributed by atoms with E-state index in [4.69, 9.17) is 4.74 Å². The van der Waals surface area contributed by atoms with Gasteiger partial charge in [0.05, 0.1) is 0 Å². The van der Waals surface area contributed by atoms with Crippen LogP contribution in [0.2, 0.25) is 0 Å². The summed E-state index contributed by atoms with van der Waals surface area (Å²) in [6, 6.07) is 7.71. The van der Waals surface area contributed by atoms with Crippen LogP contribution in [0.4, 0.5) is 11.6 Å². The summed E-state index contributed by atoms with van der Waals surface area (Å²) in [7, 11) is 0. The average molecular weight is 354 g/mol. The predicted octanol–water partition coefficient (Wildman–Crippen LogP) is 3.41. The number of rotatable bonds is 5. The van der Waals surface area contributed by atoms with Gasteiger partial charge in [0.15, 0.2) is 6.61 Å². The van der Waals surface area contributed by atoms with Crippen LogP contribution >= 0.6 is 0 Å². The van der Waals surface area contributed by atoms with Gasteiger partial charge in [0.25, 0.3) is 5.91 Å². The first-order chi connectivity index (χ1) is 12.5. The maximum absolute atomic E-state index is 12.2. The molecule has 0 radical (unpaired) electrons. The molecule has 1 N–H and O–H groups in total. The van der Waals surface area contributed by atoms with Crippen molar-refractivity contribution in [2.24, 2.45) is 0 Å². The molecule has 2 heterocycles. The Bertz CT molecular complexity index is 765. The van der Waals surface area contributed by atoms with E-state index in [2.05, 4.69) is 26.3 Å². The highest BCUT2D eigenvalue weighted by molar-refractivity contribution is 5.92. The number of hydrogen-bond donors (Lipinski definition) is 1. The van der Waals surface area contributed by atoms with Crippen molar-refractivity contribution in [3.8, 4) is 5.88 Å². The lowest BCUT2D eigenvalue weighted by Crippen LogP contribution is -2.31. The van der Waals surface area contributed by atoms with Crippen molar-refractivity contribution in [2.75, 3.05) is 29.9 Å². The molecule has 6 nitrogen and oxygen atoms in total. The zero-order valence-electron chi connectivity index (χ0n) is 15.7. The van der Waals surface area contributed by atoms with E-state index in [1.165, 1.54) is 6.42 Å². The van der Waals surface area contributed by atoms with E-state index in [1.54, 1.807) is 6.07 Å². The van der Waals surface area contributed by atoms with E-state index in [9.17, 15) is 4.79 Å². The van der Waals surface area contributed by atoms with Crippen LogP contribution in [0.25, 0.3) is 0 Å². The second kappa shape index (κ2) is 8.17. The van der Waals surface area contributed by atoms with Crippen molar-refractivity contribution >= 4 is 17.5 Å². The average Bonchev–Trinajstić information content (AvgIpc) is 2.59. The third kappa shape index (κ3) is 4.94. The van der Waals surface area contributed by atoms with Crippen LogP contribution in [-0.2, 0) is 4.79 Å². The van der Waals surface area contributed by atoms with Crippen LogP contribution in [0.15, 0.2) is 24.3 Å². The molecule has 1 saturated heterocycles. The lowest BCUT2D eigenvalue weighted by Gasteiger charge is -2.26. The maximum Gasteiger partial charge on any atom is 0.262 e. The number of amides is 1. The van der Waals surface area contributed by atoms with Crippen molar-refractivity contribution in [3.63, 3.8) is 0 Å². The molecule has 1 aromatic carbocycles. The molecular formula is C20H26N4O2. The van der Waals surface area contributed by atoms with Gasteiger partial charge in [-0.3, -0.25) is 4.79 Å². The van der Waals surface area contributed by atoms with Gasteiger partial charge in [0.2, 0.25) is 11.8 Å².